The first kappa shape index (κ1) is 19.3. The van der Waals surface area contributed by atoms with Crippen LogP contribution in [0.5, 0.6) is 0 Å². The standard InChI is InChI=1S/C27H30/c1-3-5-6-7-23-8-10-24(11-9-23)12-13-25-16-20-27(21-17-25)26-18-14-22(4-2)15-19-26/h8-11,16-17,20-22,26H,3-4,7,14-15,18-19H2,1-2H3. The molecular formula is C27H30. The van der Waals surface area contributed by atoms with Crippen molar-refractivity contribution in [3.8, 4) is 23.7 Å². The van der Waals surface area contributed by atoms with Gasteiger partial charge in [-0.15, -0.1) is 5.92 Å². The summed E-state index contributed by atoms with van der Waals surface area (Å²) in [4.78, 5) is 0. The van der Waals surface area contributed by atoms with Crippen LogP contribution in [-0.2, 0) is 6.42 Å². The van der Waals surface area contributed by atoms with Gasteiger partial charge in [0, 0.05) is 24.0 Å². The second-order valence-corrected chi connectivity index (χ2v) is 7.58. The van der Waals surface area contributed by atoms with E-state index < -0.39 is 0 Å². The van der Waals surface area contributed by atoms with Crippen LogP contribution in [0.3, 0.4) is 0 Å². The maximum absolute atomic E-state index is 3.30. The molecule has 2 aromatic carbocycles. The van der Waals surface area contributed by atoms with Gasteiger partial charge in [-0.25, -0.2) is 0 Å². The molecule has 0 radical (unpaired) electrons. The van der Waals surface area contributed by atoms with Crippen LogP contribution in [0.15, 0.2) is 48.5 Å². The van der Waals surface area contributed by atoms with Gasteiger partial charge in [0.25, 0.3) is 0 Å². The summed E-state index contributed by atoms with van der Waals surface area (Å²) in [5.41, 5.74) is 4.90. The van der Waals surface area contributed by atoms with E-state index in [-0.39, 0.29) is 0 Å². The molecule has 1 aliphatic rings. The molecule has 0 aromatic heterocycles. The van der Waals surface area contributed by atoms with E-state index in [0.717, 1.165) is 35.8 Å². The quantitative estimate of drug-likeness (QED) is 0.536. The minimum atomic E-state index is 0.748. The molecule has 0 spiro atoms. The highest BCUT2D eigenvalue weighted by atomic mass is 14.3. The first-order chi connectivity index (χ1) is 13.3. The van der Waals surface area contributed by atoms with Crippen molar-refractivity contribution in [3.63, 3.8) is 0 Å². The SMILES string of the molecule is CCC#CCc1ccc(C#Cc2ccc(C3CCC(CC)CC3)cc2)cc1. The fourth-order valence-corrected chi connectivity index (χ4v) is 3.88. The Bertz CT molecular complexity index is 823. The van der Waals surface area contributed by atoms with E-state index in [4.69, 9.17) is 0 Å². The average molecular weight is 355 g/mol. The zero-order valence-corrected chi connectivity index (χ0v) is 16.7. The Morgan fingerprint density at radius 3 is 1.89 bits per heavy atom. The minimum Gasteiger partial charge on any atom is -0.103 e. The summed E-state index contributed by atoms with van der Waals surface area (Å²) in [7, 11) is 0. The number of hydrogen-bond acceptors (Lipinski definition) is 0. The van der Waals surface area contributed by atoms with Gasteiger partial charge in [-0.2, -0.15) is 0 Å². The second kappa shape index (κ2) is 10.0. The fraction of sp³-hybridized carbons (Fsp3) is 0.407. The number of rotatable bonds is 3. The average Bonchev–Trinajstić information content (AvgIpc) is 2.74. The Hall–Kier alpha value is -2.44. The molecule has 0 unspecified atom stereocenters. The molecule has 27 heavy (non-hydrogen) atoms. The summed E-state index contributed by atoms with van der Waals surface area (Å²) >= 11 is 0. The third-order valence-corrected chi connectivity index (χ3v) is 5.71. The summed E-state index contributed by atoms with van der Waals surface area (Å²) < 4.78 is 0. The lowest BCUT2D eigenvalue weighted by Gasteiger charge is -2.28. The lowest BCUT2D eigenvalue weighted by Crippen LogP contribution is -2.12. The van der Waals surface area contributed by atoms with Crippen molar-refractivity contribution in [2.75, 3.05) is 0 Å². The van der Waals surface area contributed by atoms with Crippen LogP contribution < -0.4 is 0 Å². The Kier molecular flexibility index (Phi) is 7.19. The van der Waals surface area contributed by atoms with Gasteiger partial charge in [0.1, 0.15) is 0 Å². The van der Waals surface area contributed by atoms with Crippen LogP contribution >= 0.6 is 0 Å². The predicted octanol–water partition coefficient (Wildman–Crippen LogP) is 6.73. The highest BCUT2D eigenvalue weighted by Gasteiger charge is 2.20. The van der Waals surface area contributed by atoms with E-state index in [9.17, 15) is 0 Å². The van der Waals surface area contributed by atoms with Gasteiger partial charge in [-0.1, -0.05) is 62.3 Å². The summed E-state index contributed by atoms with van der Waals surface area (Å²) in [5.74, 6) is 14.6. The van der Waals surface area contributed by atoms with E-state index in [0.29, 0.717) is 0 Å². The fourth-order valence-electron chi connectivity index (χ4n) is 3.88. The summed E-state index contributed by atoms with van der Waals surface area (Å²) in [6.45, 7) is 4.40. The topological polar surface area (TPSA) is 0 Å². The van der Waals surface area contributed by atoms with E-state index in [1.807, 2.05) is 0 Å². The third kappa shape index (κ3) is 5.77. The van der Waals surface area contributed by atoms with Gasteiger partial charge in [0.05, 0.1) is 0 Å². The Labute approximate surface area is 165 Å². The summed E-state index contributed by atoms with van der Waals surface area (Å²) in [6, 6.07) is 17.4. The molecule has 0 atom stereocenters. The van der Waals surface area contributed by atoms with E-state index >= 15 is 0 Å². The molecule has 3 rings (SSSR count). The molecule has 0 amide bonds. The van der Waals surface area contributed by atoms with Crippen molar-refractivity contribution in [3.05, 3.63) is 70.8 Å². The van der Waals surface area contributed by atoms with Crippen molar-refractivity contribution in [2.45, 2.75) is 64.7 Å². The Balaban J connectivity index is 1.59. The molecule has 138 valence electrons. The molecule has 0 heteroatoms. The van der Waals surface area contributed by atoms with Crippen LogP contribution in [0.4, 0.5) is 0 Å². The van der Waals surface area contributed by atoms with Crippen molar-refractivity contribution in [1.82, 2.24) is 0 Å². The smallest absolute Gasteiger partial charge is 0.0340 e. The molecule has 1 fully saturated rings. The number of hydrogen-bond donors (Lipinski definition) is 0. The molecule has 0 aliphatic heterocycles. The summed E-state index contributed by atoms with van der Waals surface area (Å²) in [6.07, 6.45) is 8.56. The first-order valence-corrected chi connectivity index (χ1v) is 10.4. The molecule has 1 aliphatic carbocycles. The third-order valence-electron chi connectivity index (χ3n) is 5.71. The highest BCUT2D eigenvalue weighted by molar-refractivity contribution is 5.44. The van der Waals surface area contributed by atoms with E-state index in [2.05, 4.69) is 86.1 Å². The zero-order chi connectivity index (χ0) is 18.9. The minimum absolute atomic E-state index is 0.748. The molecule has 0 heterocycles. The second-order valence-electron chi connectivity index (χ2n) is 7.58. The Morgan fingerprint density at radius 2 is 1.33 bits per heavy atom. The van der Waals surface area contributed by atoms with Gasteiger partial charge < -0.3 is 0 Å². The maximum Gasteiger partial charge on any atom is 0.0340 e. The molecule has 0 nitrogen and oxygen atoms in total. The van der Waals surface area contributed by atoms with Crippen LogP contribution in [-0.4, -0.2) is 0 Å². The monoisotopic (exact) mass is 354 g/mol. The van der Waals surface area contributed by atoms with E-state index in [1.54, 1.807) is 0 Å². The predicted molar refractivity (Wildman–Crippen MR) is 116 cm³/mol. The number of benzene rings is 2. The van der Waals surface area contributed by atoms with Gasteiger partial charge in [-0.05, 0) is 72.9 Å². The molecule has 0 N–H and O–H groups in total. The van der Waals surface area contributed by atoms with E-state index in [1.165, 1.54) is 43.2 Å². The van der Waals surface area contributed by atoms with Gasteiger partial charge >= 0.3 is 0 Å². The molecule has 0 bridgehead atoms. The lowest BCUT2D eigenvalue weighted by atomic mass is 9.78. The van der Waals surface area contributed by atoms with Crippen molar-refractivity contribution >= 4 is 0 Å². The van der Waals surface area contributed by atoms with Crippen LogP contribution in [0.25, 0.3) is 0 Å². The lowest BCUT2D eigenvalue weighted by molar-refractivity contribution is 0.319. The van der Waals surface area contributed by atoms with Crippen LogP contribution in [0, 0.1) is 29.6 Å². The first-order valence-electron chi connectivity index (χ1n) is 10.4. The van der Waals surface area contributed by atoms with Crippen LogP contribution in [0.2, 0.25) is 0 Å². The van der Waals surface area contributed by atoms with Gasteiger partial charge in [0.15, 0.2) is 0 Å². The molecular weight excluding hydrogens is 324 g/mol. The van der Waals surface area contributed by atoms with Crippen molar-refractivity contribution < 1.29 is 0 Å². The van der Waals surface area contributed by atoms with Crippen molar-refractivity contribution in [1.29, 1.82) is 0 Å². The zero-order valence-electron chi connectivity index (χ0n) is 16.7. The normalized spacial score (nSPS) is 18.7. The highest BCUT2D eigenvalue weighted by Crippen LogP contribution is 2.36. The Morgan fingerprint density at radius 1 is 0.741 bits per heavy atom. The molecule has 2 aromatic rings. The maximum atomic E-state index is 3.30. The summed E-state index contributed by atoms with van der Waals surface area (Å²) in [5, 5.41) is 0. The molecule has 0 saturated heterocycles. The van der Waals surface area contributed by atoms with Crippen molar-refractivity contribution in [2.24, 2.45) is 5.92 Å². The van der Waals surface area contributed by atoms with Gasteiger partial charge in [-0.3, -0.25) is 0 Å². The molecule has 1 saturated carbocycles. The largest absolute Gasteiger partial charge is 0.103 e. The van der Waals surface area contributed by atoms with Gasteiger partial charge in [0.2, 0.25) is 0 Å². The van der Waals surface area contributed by atoms with Crippen LogP contribution in [0.1, 0.15) is 80.5 Å².